The first-order valence-electron chi connectivity index (χ1n) is 6.48. The number of nitrogens with one attached hydrogen (secondary N) is 3. The molecule has 0 amide bonds. The van der Waals surface area contributed by atoms with Gasteiger partial charge in [-0.1, -0.05) is 0 Å². The average Bonchev–Trinajstić information content (AvgIpc) is 2.39. The monoisotopic (exact) mass is 250 g/mol. The molecule has 0 aromatic carbocycles. The van der Waals surface area contributed by atoms with Crippen LogP contribution in [0, 0.1) is 6.92 Å². The highest BCUT2D eigenvalue weighted by molar-refractivity contribution is 5.47. The third-order valence-corrected chi connectivity index (χ3v) is 3.04. The molecule has 0 radical (unpaired) electrons. The molecule has 18 heavy (non-hydrogen) atoms. The summed E-state index contributed by atoms with van der Waals surface area (Å²) in [6.07, 6.45) is 0. The summed E-state index contributed by atoms with van der Waals surface area (Å²) in [4.78, 5) is 11.1. The van der Waals surface area contributed by atoms with Gasteiger partial charge in [-0.05, 0) is 6.92 Å². The van der Waals surface area contributed by atoms with Gasteiger partial charge in [0.05, 0.1) is 0 Å². The van der Waals surface area contributed by atoms with Crippen molar-refractivity contribution in [2.45, 2.75) is 6.92 Å². The summed E-state index contributed by atoms with van der Waals surface area (Å²) in [5.74, 6) is 2.53. The third kappa shape index (κ3) is 3.82. The molecule has 2 heterocycles. The van der Waals surface area contributed by atoms with Crippen LogP contribution in [0.5, 0.6) is 0 Å². The molecule has 1 aromatic rings. The van der Waals surface area contributed by atoms with Crippen LogP contribution in [0.3, 0.4) is 0 Å². The SMILES string of the molecule is CNc1cc(NCCN2CCNCC2)nc(C)n1. The van der Waals surface area contributed by atoms with E-state index in [0.717, 1.165) is 56.7 Å². The fourth-order valence-corrected chi connectivity index (χ4v) is 2.06. The molecule has 6 heteroatoms. The second-order valence-electron chi connectivity index (χ2n) is 4.45. The number of nitrogens with zero attached hydrogens (tertiary/aromatic N) is 3. The average molecular weight is 250 g/mol. The van der Waals surface area contributed by atoms with Crippen molar-refractivity contribution in [1.82, 2.24) is 20.2 Å². The van der Waals surface area contributed by atoms with Gasteiger partial charge in [0.2, 0.25) is 0 Å². The van der Waals surface area contributed by atoms with Gasteiger partial charge in [0.15, 0.2) is 0 Å². The first kappa shape index (κ1) is 13.0. The van der Waals surface area contributed by atoms with Crippen molar-refractivity contribution in [2.24, 2.45) is 0 Å². The fourth-order valence-electron chi connectivity index (χ4n) is 2.06. The lowest BCUT2D eigenvalue weighted by Gasteiger charge is -2.27. The molecular formula is C12H22N6. The molecule has 0 atom stereocenters. The van der Waals surface area contributed by atoms with E-state index in [1.165, 1.54) is 0 Å². The second kappa shape index (κ2) is 6.51. The Balaban J connectivity index is 1.80. The van der Waals surface area contributed by atoms with Crippen LogP contribution < -0.4 is 16.0 Å². The Morgan fingerprint density at radius 1 is 1.28 bits per heavy atom. The molecule has 1 aliphatic heterocycles. The molecule has 2 rings (SSSR count). The van der Waals surface area contributed by atoms with Gasteiger partial charge in [-0.3, -0.25) is 4.90 Å². The number of rotatable bonds is 5. The van der Waals surface area contributed by atoms with Crippen LogP contribution >= 0.6 is 0 Å². The molecule has 0 bridgehead atoms. The van der Waals surface area contributed by atoms with Gasteiger partial charge in [-0.25, -0.2) is 9.97 Å². The largest absolute Gasteiger partial charge is 0.373 e. The zero-order valence-corrected chi connectivity index (χ0v) is 11.2. The minimum atomic E-state index is 0.784. The van der Waals surface area contributed by atoms with E-state index in [-0.39, 0.29) is 0 Å². The third-order valence-electron chi connectivity index (χ3n) is 3.04. The summed E-state index contributed by atoms with van der Waals surface area (Å²) in [6, 6.07) is 1.94. The molecule has 1 aromatic heterocycles. The van der Waals surface area contributed by atoms with E-state index in [1.807, 2.05) is 20.0 Å². The van der Waals surface area contributed by atoms with Crippen molar-refractivity contribution >= 4 is 11.6 Å². The van der Waals surface area contributed by atoms with Crippen LogP contribution in [0.4, 0.5) is 11.6 Å². The number of piperazine rings is 1. The normalized spacial score (nSPS) is 16.6. The Morgan fingerprint density at radius 2 is 2.00 bits per heavy atom. The summed E-state index contributed by atoms with van der Waals surface area (Å²) in [7, 11) is 1.87. The van der Waals surface area contributed by atoms with E-state index >= 15 is 0 Å². The van der Waals surface area contributed by atoms with Gasteiger partial charge in [-0.15, -0.1) is 0 Å². The van der Waals surface area contributed by atoms with Crippen molar-refractivity contribution in [1.29, 1.82) is 0 Å². The first-order chi connectivity index (χ1) is 8.78. The minimum absolute atomic E-state index is 0.784. The summed E-state index contributed by atoms with van der Waals surface area (Å²) in [5.41, 5.74) is 0. The maximum Gasteiger partial charge on any atom is 0.131 e. The molecule has 1 fully saturated rings. The van der Waals surface area contributed by atoms with Crippen LogP contribution in [0.1, 0.15) is 5.82 Å². The zero-order valence-electron chi connectivity index (χ0n) is 11.2. The Labute approximate surface area is 108 Å². The van der Waals surface area contributed by atoms with E-state index in [0.29, 0.717) is 0 Å². The molecule has 1 saturated heterocycles. The fraction of sp³-hybridized carbons (Fsp3) is 0.667. The molecule has 0 saturated carbocycles. The van der Waals surface area contributed by atoms with E-state index in [1.54, 1.807) is 0 Å². The lowest BCUT2D eigenvalue weighted by Crippen LogP contribution is -2.45. The molecule has 0 unspecified atom stereocenters. The van der Waals surface area contributed by atoms with Gasteiger partial charge in [0, 0.05) is 52.4 Å². The van der Waals surface area contributed by atoms with Gasteiger partial charge in [0.1, 0.15) is 17.5 Å². The summed E-state index contributed by atoms with van der Waals surface area (Å²) < 4.78 is 0. The Hall–Kier alpha value is -1.40. The van der Waals surface area contributed by atoms with Crippen LogP contribution in [0.15, 0.2) is 6.07 Å². The van der Waals surface area contributed by atoms with Crippen LogP contribution in [-0.2, 0) is 0 Å². The predicted octanol–water partition coefficient (Wildman–Crippen LogP) is 0.144. The highest BCUT2D eigenvalue weighted by Crippen LogP contribution is 2.09. The molecular weight excluding hydrogens is 228 g/mol. The van der Waals surface area contributed by atoms with Gasteiger partial charge >= 0.3 is 0 Å². The quantitative estimate of drug-likeness (QED) is 0.691. The maximum atomic E-state index is 4.37. The molecule has 0 aliphatic carbocycles. The van der Waals surface area contributed by atoms with E-state index in [9.17, 15) is 0 Å². The van der Waals surface area contributed by atoms with Crippen LogP contribution in [0.2, 0.25) is 0 Å². The van der Waals surface area contributed by atoms with Gasteiger partial charge in [0.25, 0.3) is 0 Å². The zero-order chi connectivity index (χ0) is 12.8. The van der Waals surface area contributed by atoms with E-state index in [4.69, 9.17) is 0 Å². The Morgan fingerprint density at radius 3 is 2.72 bits per heavy atom. The minimum Gasteiger partial charge on any atom is -0.373 e. The highest BCUT2D eigenvalue weighted by Gasteiger charge is 2.08. The van der Waals surface area contributed by atoms with Crippen molar-refractivity contribution in [3.05, 3.63) is 11.9 Å². The van der Waals surface area contributed by atoms with Crippen molar-refractivity contribution in [3.63, 3.8) is 0 Å². The molecule has 100 valence electrons. The Kier molecular flexibility index (Phi) is 4.72. The predicted molar refractivity (Wildman–Crippen MR) is 74.1 cm³/mol. The standard InChI is InChI=1S/C12H22N6/c1-10-16-11(13-2)9-12(17-10)15-5-8-18-6-3-14-4-7-18/h9,14H,3-8H2,1-2H3,(H2,13,15,16,17). The van der Waals surface area contributed by atoms with Crippen molar-refractivity contribution < 1.29 is 0 Å². The second-order valence-corrected chi connectivity index (χ2v) is 4.45. The number of anilines is 2. The number of aryl methyl sites for hydroxylation is 1. The summed E-state index contributed by atoms with van der Waals surface area (Å²) in [6.45, 7) is 8.33. The van der Waals surface area contributed by atoms with Crippen molar-refractivity contribution in [2.75, 3.05) is 56.9 Å². The Bertz CT molecular complexity index is 375. The lowest BCUT2D eigenvalue weighted by molar-refractivity contribution is 0.249. The molecule has 1 aliphatic rings. The van der Waals surface area contributed by atoms with Crippen molar-refractivity contribution in [3.8, 4) is 0 Å². The smallest absolute Gasteiger partial charge is 0.131 e. The molecule has 3 N–H and O–H groups in total. The number of aromatic nitrogens is 2. The van der Waals surface area contributed by atoms with Gasteiger partial charge < -0.3 is 16.0 Å². The molecule has 6 nitrogen and oxygen atoms in total. The topological polar surface area (TPSA) is 65.1 Å². The first-order valence-corrected chi connectivity index (χ1v) is 6.48. The van der Waals surface area contributed by atoms with E-state index < -0.39 is 0 Å². The summed E-state index contributed by atoms with van der Waals surface area (Å²) >= 11 is 0. The highest BCUT2D eigenvalue weighted by atomic mass is 15.2. The number of hydrogen-bond donors (Lipinski definition) is 3. The van der Waals surface area contributed by atoms with E-state index in [2.05, 4.69) is 30.8 Å². The van der Waals surface area contributed by atoms with Crippen LogP contribution in [0.25, 0.3) is 0 Å². The molecule has 0 spiro atoms. The van der Waals surface area contributed by atoms with Gasteiger partial charge in [-0.2, -0.15) is 0 Å². The summed E-state index contributed by atoms with van der Waals surface area (Å²) in [5, 5.41) is 9.75. The lowest BCUT2D eigenvalue weighted by atomic mass is 10.3. The van der Waals surface area contributed by atoms with Crippen LogP contribution in [-0.4, -0.2) is 61.2 Å². The maximum absolute atomic E-state index is 4.37. The number of hydrogen-bond acceptors (Lipinski definition) is 6.